The third-order valence-corrected chi connectivity index (χ3v) is 2.40. The lowest BCUT2D eigenvalue weighted by Crippen LogP contribution is -1.96. The van der Waals surface area contributed by atoms with E-state index in [0.717, 1.165) is 11.4 Å². The molecule has 0 atom stereocenters. The molecule has 2 rings (SSSR count). The molecular weight excluding hydrogens is 228 g/mol. The zero-order valence-corrected chi connectivity index (χ0v) is 9.84. The number of nitrogens with one attached hydrogen (secondary N) is 1. The van der Waals surface area contributed by atoms with Gasteiger partial charge in [0.15, 0.2) is 0 Å². The van der Waals surface area contributed by atoms with Crippen molar-refractivity contribution in [3.8, 4) is 11.8 Å². The van der Waals surface area contributed by atoms with Crippen molar-refractivity contribution in [2.75, 3.05) is 18.2 Å². The lowest BCUT2D eigenvalue weighted by Gasteiger charge is -2.11. The zero-order valence-electron chi connectivity index (χ0n) is 9.84. The van der Waals surface area contributed by atoms with E-state index in [1.165, 1.54) is 0 Å². The van der Waals surface area contributed by atoms with E-state index in [1.54, 1.807) is 37.6 Å². The summed E-state index contributed by atoms with van der Waals surface area (Å²) >= 11 is 0. The molecule has 0 saturated heterocycles. The summed E-state index contributed by atoms with van der Waals surface area (Å²) in [4.78, 5) is 3.99. The molecular formula is C13H12N4O. The number of nitrogen functional groups attached to an aromatic ring is 1. The Morgan fingerprint density at radius 3 is 2.78 bits per heavy atom. The van der Waals surface area contributed by atoms with Crippen LogP contribution in [0.5, 0.6) is 5.75 Å². The minimum absolute atomic E-state index is 0.465. The van der Waals surface area contributed by atoms with Gasteiger partial charge in [-0.05, 0) is 24.3 Å². The van der Waals surface area contributed by atoms with E-state index in [2.05, 4.69) is 16.4 Å². The summed E-state index contributed by atoms with van der Waals surface area (Å²) in [6.07, 6.45) is 1.63. The molecule has 0 fully saturated rings. The van der Waals surface area contributed by atoms with Gasteiger partial charge in [-0.2, -0.15) is 5.26 Å². The van der Waals surface area contributed by atoms with Gasteiger partial charge in [0.2, 0.25) is 0 Å². The largest absolute Gasteiger partial charge is 0.495 e. The van der Waals surface area contributed by atoms with Crippen LogP contribution in [0, 0.1) is 11.3 Å². The third-order valence-electron chi connectivity index (χ3n) is 2.40. The number of nitrogens with two attached hydrogens (primary N) is 1. The molecule has 5 heteroatoms. The van der Waals surface area contributed by atoms with Crippen LogP contribution in [0.3, 0.4) is 0 Å². The van der Waals surface area contributed by atoms with E-state index in [4.69, 9.17) is 15.7 Å². The first-order valence-electron chi connectivity index (χ1n) is 5.29. The topological polar surface area (TPSA) is 84.0 Å². The molecule has 0 bridgehead atoms. The SMILES string of the molecule is COc1cc(C#N)ccc1Nc1ccc(N)nc1. The van der Waals surface area contributed by atoms with E-state index in [9.17, 15) is 0 Å². The number of rotatable bonds is 3. The maximum atomic E-state index is 8.82. The van der Waals surface area contributed by atoms with Crippen molar-refractivity contribution < 1.29 is 4.74 Å². The first-order chi connectivity index (χ1) is 8.72. The average Bonchev–Trinajstić information content (AvgIpc) is 2.41. The molecule has 0 radical (unpaired) electrons. The second kappa shape index (κ2) is 5.06. The molecule has 5 nitrogen and oxygen atoms in total. The van der Waals surface area contributed by atoms with Crippen LogP contribution in [-0.2, 0) is 0 Å². The van der Waals surface area contributed by atoms with Gasteiger partial charge in [0.25, 0.3) is 0 Å². The number of anilines is 3. The molecule has 90 valence electrons. The number of hydrogen-bond donors (Lipinski definition) is 2. The second-order valence-electron chi connectivity index (χ2n) is 3.62. The highest BCUT2D eigenvalue weighted by atomic mass is 16.5. The van der Waals surface area contributed by atoms with Crippen molar-refractivity contribution in [1.29, 1.82) is 5.26 Å². The lowest BCUT2D eigenvalue weighted by atomic mass is 10.2. The molecule has 0 aliphatic rings. The Bertz CT molecular complexity index is 587. The number of nitrogens with zero attached hydrogens (tertiary/aromatic N) is 2. The highest BCUT2D eigenvalue weighted by Crippen LogP contribution is 2.28. The van der Waals surface area contributed by atoms with Crippen molar-refractivity contribution in [2.45, 2.75) is 0 Å². The Balaban J connectivity index is 2.29. The van der Waals surface area contributed by atoms with Gasteiger partial charge in [0.1, 0.15) is 11.6 Å². The molecule has 18 heavy (non-hydrogen) atoms. The molecule has 0 unspecified atom stereocenters. The van der Waals surface area contributed by atoms with Crippen LogP contribution >= 0.6 is 0 Å². The molecule has 1 aromatic carbocycles. The second-order valence-corrected chi connectivity index (χ2v) is 3.62. The zero-order chi connectivity index (χ0) is 13.0. The summed E-state index contributed by atoms with van der Waals surface area (Å²) in [5, 5.41) is 12.0. The fraction of sp³-hybridized carbons (Fsp3) is 0.0769. The predicted molar refractivity (Wildman–Crippen MR) is 69.6 cm³/mol. The Labute approximate surface area is 105 Å². The van der Waals surface area contributed by atoms with Crippen LogP contribution in [0.25, 0.3) is 0 Å². The quantitative estimate of drug-likeness (QED) is 0.859. The first kappa shape index (κ1) is 11.7. The van der Waals surface area contributed by atoms with Crippen molar-refractivity contribution >= 4 is 17.2 Å². The standard InChI is InChI=1S/C13H12N4O/c1-18-12-6-9(7-14)2-4-11(12)17-10-3-5-13(15)16-8-10/h2-6,8,17H,1H3,(H2,15,16). The van der Waals surface area contributed by atoms with E-state index in [1.807, 2.05) is 6.07 Å². The number of pyridine rings is 1. The molecule has 0 aliphatic heterocycles. The minimum atomic E-state index is 0.465. The summed E-state index contributed by atoms with van der Waals surface area (Å²) < 4.78 is 5.23. The smallest absolute Gasteiger partial charge is 0.143 e. The van der Waals surface area contributed by atoms with Crippen LogP contribution < -0.4 is 15.8 Å². The third kappa shape index (κ3) is 2.50. The number of nitriles is 1. The monoisotopic (exact) mass is 240 g/mol. The van der Waals surface area contributed by atoms with Crippen LogP contribution in [0.1, 0.15) is 5.56 Å². The Hall–Kier alpha value is -2.74. The van der Waals surface area contributed by atoms with Crippen LogP contribution in [0.15, 0.2) is 36.5 Å². The maximum absolute atomic E-state index is 8.82. The number of ether oxygens (including phenoxy) is 1. The molecule has 2 aromatic rings. The number of methoxy groups -OCH3 is 1. The van der Waals surface area contributed by atoms with Crippen molar-refractivity contribution in [3.05, 3.63) is 42.1 Å². The molecule has 0 aliphatic carbocycles. The first-order valence-corrected chi connectivity index (χ1v) is 5.29. The average molecular weight is 240 g/mol. The van der Waals surface area contributed by atoms with Crippen LogP contribution in [-0.4, -0.2) is 12.1 Å². The van der Waals surface area contributed by atoms with E-state index < -0.39 is 0 Å². The van der Waals surface area contributed by atoms with Gasteiger partial charge < -0.3 is 15.8 Å². The summed E-state index contributed by atoms with van der Waals surface area (Å²) in [7, 11) is 1.56. The minimum Gasteiger partial charge on any atom is -0.495 e. The van der Waals surface area contributed by atoms with Gasteiger partial charge in [0, 0.05) is 6.07 Å². The van der Waals surface area contributed by atoms with Gasteiger partial charge in [-0.1, -0.05) is 0 Å². The number of hydrogen-bond acceptors (Lipinski definition) is 5. The summed E-state index contributed by atoms with van der Waals surface area (Å²) in [5.41, 5.74) is 7.63. The fourth-order valence-corrected chi connectivity index (χ4v) is 1.50. The molecule has 0 spiro atoms. The van der Waals surface area contributed by atoms with Crippen molar-refractivity contribution in [1.82, 2.24) is 4.98 Å². The van der Waals surface area contributed by atoms with Crippen LogP contribution in [0.4, 0.5) is 17.2 Å². The highest BCUT2D eigenvalue weighted by molar-refractivity contribution is 5.67. The fourth-order valence-electron chi connectivity index (χ4n) is 1.50. The number of aromatic nitrogens is 1. The van der Waals surface area contributed by atoms with Gasteiger partial charge in [-0.3, -0.25) is 0 Å². The van der Waals surface area contributed by atoms with Gasteiger partial charge in [-0.25, -0.2) is 4.98 Å². The van der Waals surface area contributed by atoms with E-state index >= 15 is 0 Å². The molecule has 3 N–H and O–H groups in total. The molecule has 1 heterocycles. The molecule has 0 saturated carbocycles. The van der Waals surface area contributed by atoms with Gasteiger partial charge >= 0.3 is 0 Å². The predicted octanol–water partition coefficient (Wildman–Crippen LogP) is 2.29. The summed E-state index contributed by atoms with van der Waals surface area (Å²) in [6.45, 7) is 0. The Kier molecular flexibility index (Phi) is 3.30. The molecule has 1 aromatic heterocycles. The van der Waals surface area contributed by atoms with E-state index in [0.29, 0.717) is 17.1 Å². The Morgan fingerprint density at radius 1 is 1.33 bits per heavy atom. The molecule has 0 amide bonds. The summed E-state index contributed by atoms with van der Waals surface area (Å²) in [5.74, 6) is 1.07. The maximum Gasteiger partial charge on any atom is 0.143 e. The summed E-state index contributed by atoms with van der Waals surface area (Å²) in [6, 6.07) is 10.8. The van der Waals surface area contributed by atoms with Crippen LogP contribution in [0.2, 0.25) is 0 Å². The van der Waals surface area contributed by atoms with E-state index in [-0.39, 0.29) is 0 Å². The van der Waals surface area contributed by atoms with Crippen molar-refractivity contribution in [3.63, 3.8) is 0 Å². The van der Waals surface area contributed by atoms with Gasteiger partial charge in [-0.15, -0.1) is 0 Å². The van der Waals surface area contributed by atoms with Crippen molar-refractivity contribution in [2.24, 2.45) is 0 Å². The normalized spacial score (nSPS) is 9.56. The van der Waals surface area contributed by atoms with Gasteiger partial charge in [0.05, 0.1) is 36.3 Å². The lowest BCUT2D eigenvalue weighted by molar-refractivity contribution is 0.416. The number of benzene rings is 1. The Morgan fingerprint density at radius 2 is 2.17 bits per heavy atom. The highest BCUT2D eigenvalue weighted by Gasteiger charge is 2.04.